The molecule has 0 radical (unpaired) electrons. The summed E-state index contributed by atoms with van der Waals surface area (Å²) >= 11 is 0. The molecule has 124 valence electrons. The molecule has 2 heteroatoms. The average Bonchev–Trinajstić information content (AvgIpc) is 2.73. The zero-order chi connectivity index (χ0) is 17.3. The molecule has 2 heterocycles. The lowest BCUT2D eigenvalue weighted by atomic mass is 9.81. The number of pyridine rings is 1. The second kappa shape index (κ2) is 6.16. The normalized spacial score (nSPS) is 15.8. The van der Waals surface area contributed by atoms with Crippen LogP contribution in [0.3, 0.4) is 0 Å². The SMILES string of the molecule is C1=C(c2ccc3ccccc3n2)[C@@H](c2ccccc2)c2ccccc2N1. The van der Waals surface area contributed by atoms with Gasteiger partial charge in [-0.2, -0.15) is 0 Å². The second-order valence-electron chi connectivity index (χ2n) is 6.56. The van der Waals surface area contributed by atoms with Crippen molar-refractivity contribution < 1.29 is 0 Å². The van der Waals surface area contributed by atoms with E-state index in [9.17, 15) is 0 Å². The standard InChI is InChI=1S/C24H18N2/c1-2-9-18(10-3-1)24-19-11-5-7-13-22(19)25-16-20(24)23-15-14-17-8-4-6-12-21(17)26-23/h1-16,24-25H/t24-/m0/s1. The molecule has 0 unspecified atom stereocenters. The van der Waals surface area contributed by atoms with Crippen LogP contribution in [0.1, 0.15) is 22.7 Å². The van der Waals surface area contributed by atoms with Gasteiger partial charge in [0.1, 0.15) is 0 Å². The molecule has 4 aromatic rings. The van der Waals surface area contributed by atoms with Gasteiger partial charge in [0.05, 0.1) is 11.2 Å². The van der Waals surface area contributed by atoms with E-state index in [4.69, 9.17) is 4.98 Å². The molecule has 1 N–H and O–H groups in total. The highest BCUT2D eigenvalue weighted by molar-refractivity contribution is 5.85. The summed E-state index contributed by atoms with van der Waals surface area (Å²) in [6.07, 6.45) is 2.11. The number of anilines is 1. The van der Waals surface area contributed by atoms with Gasteiger partial charge in [-0.05, 0) is 29.3 Å². The highest BCUT2D eigenvalue weighted by Crippen LogP contribution is 2.43. The first-order valence-corrected chi connectivity index (χ1v) is 8.87. The minimum Gasteiger partial charge on any atom is -0.361 e. The van der Waals surface area contributed by atoms with Crippen LogP contribution in [0.4, 0.5) is 5.69 Å². The maximum Gasteiger partial charge on any atom is 0.0709 e. The summed E-state index contributed by atoms with van der Waals surface area (Å²) in [4.78, 5) is 4.94. The Morgan fingerprint density at radius 3 is 2.38 bits per heavy atom. The van der Waals surface area contributed by atoms with Gasteiger partial charge in [0.15, 0.2) is 0 Å². The first-order chi connectivity index (χ1) is 12.9. The van der Waals surface area contributed by atoms with E-state index in [1.807, 2.05) is 12.1 Å². The number of rotatable bonds is 2. The Kier molecular flexibility index (Phi) is 3.53. The maximum absolute atomic E-state index is 4.94. The number of allylic oxidation sites excluding steroid dienone is 1. The fourth-order valence-corrected chi connectivity index (χ4v) is 3.74. The van der Waals surface area contributed by atoms with Crippen molar-refractivity contribution in [1.29, 1.82) is 0 Å². The lowest BCUT2D eigenvalue weighted by Crippen LogP contribution is -2.13. The minimum atomic E-state index is 0.169. The van der Waals surface area contributed by atoms with Gasteiger partial charge in [0, 0.05) is 28.8 Å². The predicted molar refractivity (Wildman–Crippen MR) is 108 cm³/mol. The predicted octanol–water partition coefficient (Wildman–Crippen LogP) is 5.83. The molecule has 5 rings (SSSR count). The number of hydrogen-bond donors (Lipinski definition) is 1. The van der Waals surface area contributed by atoms with Crippen LogP contribution in [0.2, 0.25) is 0 Å². The van der Waals surface area contributed by atoms with Crippen LogP contribution in [-0.4, -0.2) is 4.98 Å². The zero-order valence-corrected chi connectivity index (χ0v) is 14.3. The lowest BCUT2D eigenvalue weighted by Gasteiger charge is -2.28. The Hall–Kier alpha value is -3.39. The third-order valence-electron chi connectivity index (χ3n) is 4.99. The maximum atomic E-state index is 4.94. The Labute approximate surface area is 152 Å². The molecule has 0 amide bonds. The number of aromatic nitrogens is 1. The number of fused-ring (bicyclic) bond motifs is 2. The van der Waals surface area contributed by atoms with E-state index < -0.39 is 0 Å². The molecule has 3 aromatic carbocycles. The molecule has 26 heavy (non-hydrogen) atoms. The van der Waals surface area contributed by atoms with Crippen LogP contribution in [0.5, 0.6) is 0 Å². The number of nitrogens with one attached hydrogen (secondary N) is 1. The van der Waals surface area contributed by atoms with Crippen molar-refractivity contribution in [1.82, 2.24) is 4.98 Å². The zero-order valence-electron chi connectivity index (χ0n) is 14.3. The smallest absolute Gasteiger partial charge is 0.0709 e. The summed E-state index contributed by atoms with van der Waals surface area (Å²) in [5.74, 6) is 0.169. The van der Waals surface area contributed by atoms with E-state index in [1.54, 1.807) is 0 Å². The Morgan fingerprint density at radius 2 is 1.46 bits per heavy atom. The molecule has 1 aromatic heterocycles. The van der Waals surface area contributed by atoms with Crippen LogP contribution in [0, 0.1) is 0 Å². The Bertz CT molecular complexity index is 1110. The molecule has 0 spiro atoms. The van der Waals surface area contributed by atoms with Crippen molar-refractivity contribution in [2.75, 3.05) is 5.32 Å². The topological polar surface area (TPSA) is 24.9 Å². The minimum absolute atomic E-state index is 0.169. The van der Waals surface area contributed by atoms with E-state index in [0.29, 0.717) is 0 Å². The molecular formula is C24H18N2. The van der Waals surface area contributed by atoms with E-state index in [2.05, 4.69) is 90.4 Å². The summed E-state index contributed by atoms with van der Waals surface area (Å²) in [5.41, 5.74) is 6.96. The van der Waals surface area contributed by atoms with E-state index >= 15 is 0 Å². The number of hydrogen-bond acceptors (Lipinski definition) is 2. The third-order valence-corrected chi connectivity index (χ3v) is 4.99. The van der Waals surface area contributed by atoms with E-state index in [0.717, 1.165) is 22.3 Å². The van der Waals surface area contributed by atoms with Gasteiger partial charge in [-0.25, -0.2) is 4.98 Å². The second-order valence-corrected chi connectivity index (χ2v) is 6.56. The van der Waals surface area contributed by atoms with Gasteiger partial charge in [-0.3, -0.25) is 0 Å². The molecule has 1 aliphatic rings. The van der Waals surface area contributed by atoms with E-state index in [1.165, 1.54) is 16.7 Å². The summed E-state index contributed by atoms with van der Waals surface area (Å²) in [6.45, 7) is 0. The number of para-hydroxylation sites is 2. The van der Waals surface area contributed by atoms with Crippen molar-refractivity contribution in [2.45, 2.75) is 5.92 Å². The van der Waals surface area contributed by atoms with Crippen LogP contribution in [0.25, 0.3) is 16.5 Å². The molecule has 0 bridgehead atoms. The fourth-order valence-electron chi connectivity index (χ4n) is 3.74. The van der Waals surface area contributed by atoms with Crippen molar-refractivity contribution in [3.8, 4) is 0 Å². The van der Waals surface area contributed by atoms with Gasteiger partial charge in [-0.1, -0.05) is 72.8 Å². The summed E-state index contributed by atoms with van der Waals surface area (Å²) in [5, 5.41) is 4.62. The Morgan fingerprint density at radius 1 is 0.692 bits per heavy atom. The van der Waals surface area contributed by atoms with Crippen LogP contribution in [-0.2, 0) is 0 Å². The van der Waals surface area contributed by atoms with Gasteiger partial charge in [0.25, 0.3) is 0 Å². The van der Waals surface area contributed by atoms with Gasteiger partial charge in [-0.15, -0.1) is 0 Å². The quantitative estimate of drug-likeness (QED) is 0.498. The fraction of sp³-hybridized carbons (Fsp3) is 0.0417. The molecule has 0 saturated heterocycles. The van der Waals surface area contributed by atoms with Gasteiger partial charge < -0.3 is 5.32 Å². The van der Waals surface area contributed by atoms with Crippen molar-refractivity contribution in [2.24, 2.45) is 0 Å². The first kappa shape index (κ1) is 14.9. The van der Waals surface area contributed by atoms with Crippen LogP contribution >= 0.6 is 0 Å². The highest BCUT2D eigenvalue weighted by atomic mass is 14.9. The average molecular weight is 334 g/mol. The monoisotopic (exact) mass is 334 g/mol. The van der Waals surface area contributed by atoms with Crippen molar-refractivity contribution >= 4 is 22.2 Å². The summed E-state index contributed by atoms with van der Waals surface area (Å²) in [7, 11) is 0. The summed E-state index contributed by atoms with van der Waals surface area (Å²) in [6, 6.07) is 31.7. The molecule has 1 aliphatic heterocycles. The van der Waals surface area contributed by atoms with Gasteiger partial charge in [0.2, 0.25) is 0 Å². The first-order valence-electron chi connectivity index (χ1n) is 8.87. The Balaban J connectivity index is 1.70. The van der Waals surface area contributed by atoms with Crippen molar-refractivity contribution in [3.05, 3.63) is 114 Å². The number of benzene rings is 3. The summed E-state index contributed by atoms with van der Waals surface area (Å²) < 4.78 is 0. The number of nitrogens with zero attached hydrogens (tertiary/aromatic N) is 1. The molecule has 0 saturated carbocycles. The lowest BCUT2D eigenvalue weighted by molar-refractivity contribution is 1.02. The third kappa shape index (κ3) is 2.47. The highest BCUT2D eigenvalue weighted by Gasteiger charge is 2.26. The van der Waals surface area contributed by atoms with E-state index in [-0.39, 0.29) is 5.92 Å². The molecular weight excluding hydrogens is 316 g/mol. The largest absolute Gasteiger partial charge is 0.361 e. The van der Waals surface area contributed by atoms with Crippen LogP contribution < -0.4 is 5.32 Å². The van der Waals surface area contributed by atoms with Crippen molar-refractivity contribution in [3.63, 3.8) is 0 Å². The van der Waals surface area contributed by atoms with Gasteiger partial charge >= 0.3 is 0 Å². The molecule has 0 fully saturated rings. The molecule has 1 atom stereocenters. The van der Waals surface area contributed by atoms with Crippen LogP contribution in [0.15, 0.2) is 97.2 Å². The molecule has 0 aliphatic carbocycles. The molecule has 2 nitrogen and oxygen atoms in total.